The van der Waals surface area contributed by atoms with E-state index < -0.39 is 18.1 Å². The van der Waals surface area contributed by atoms with E-state index in [0.717, 1.165) is 6.42 Å². The van der Waals surface area contributed by atoms with Crippen LogP contribution in [0.3, 0.4) is 0 Å². The van der Waals surface area contributed by atoms with Gasteiger partial charge in [0.25, 0.3) is 0 Å². The normalized spacial score (nSPS) is 17.3. The van der Waals surface area contributed by atoms with E-state index in [1.165, 1.54) is 0 Å². The van der Waals surface area contributed by atoms with Gasteiger partial charge in [-0.1, -0.05) is 41.5 Å². The summed E-state index contributed by atoms with van der Waals surface area (Å²) < 4.78 is 38.0. The van der Waals surface area contributed by atoms with Crippen molar-refractivity contribution in [3.63, 3.8) is 0 Å². The molecule has 0 fully saturated rings. The Bertz CT molecular complexity index is 216. The maximum absolute atomic E-state index is 12.7. The molecule has 1 nitrogen and oxygen atoms in total. The van der Waals surface area contributed by atoms with Gasteiger partial charge >= 0.3 is 6.18 Å². The third-order valence-electron chi connectivity index (χ3n) is 3.44. The second-order valence-corrected chi connectivity index (χ2v) is 6.27. The first-order chi connectivity index (χ1) is 7.46. The van der Waals surface area contributed by atoms with Crippen LogP contribution in [-0.4, -0.2) is 18.8 Å². The molecule has 104 valence electrons. The number of nitrogens with one attached hydrogen (secondary N) is 1. The number of hydrogen-bond donors (Lipinski definition) is 1. The molecule has 0 spiro atoms. The smallest absolute Gasteiger partial charge is 0.306 e. The van der Waals surface area contributed by atoms with Gasteiger partial charge in [0, 0.05) is 0 Å². The van der Waals surface area contributed by atoms with Crippen LogP contribution in [0.15, 0.2) is 0 Å². The van der Waals surface area contributed by atoms with Gasteiger partial charge in [-0.05, 0) is 30.2 Å². The van der Waals surface area contributed by atoms with Crippen molar-refractivity contribution in [2.75, 3.05) is 6.54 Å². The molecule has 2 atom stereocenters. The quantitative estimate of drug-likeness (QED) is 0.773. The first kappa shape index (κ1) is 16.8. The van der Waals surface area contributed by atoms with Crippen molar-refractivity contribution in [2.45, 2.75) is 60.2 Å². The maximum Gasteiger partial charge on any atom is 0.404 e. The molecule has 0 aliphatic rings. The summed E-state index contributed by atoms with van der Waals surface area (Å²) in [6.07, 6.45) is -3.39. The van der Waals surface area contributed by atoms with Crippen molar-refractivity contribution in [2.24, 2.45) is 17.3 Å². The SMILES string of the molecule is CC(C)[C@H](NCC[C@@H](C)C(C)(C)C)C(F)(F)F. The first-order valence-corrected chi connectivity index (χ1v) is 6.26. The molecule has 0 saturated carbocycles. The first-order valence-electron chi connectivity index (χ1n) is 6.26. The van der Waals surface area contributed by atoms with Crippen molar-refractivity contribution in [3.8, 4) is 0 Å². The Hall–Kier alpha value is -0.250. The molecule has 0 aliphatic carbocycles. The second kappa shape index (κ2) is 6.07. The predicted octanol–water partition coefficient (Wildman–Crippen LogP) is 4.24. The Balaban J connectivity index is 4.18. The van der Waals surface area contributed by atoms with Crippen LogP contribution in [0.1, 0.15) is 48.0 Å². The number of alkyl halides is 3. The van der Waals surface area contributed by atoms with E-state index in [1.54, 1.807) is 13.8 Å². The van der Waals surface area contributed by atoms with Crippen molar-refractivity contribution in [3.05, 3.63) is 0 Å². The van der Waals surface area contributed by atoms with E-state index >= 15 is 0 Å². The van der Waals surface area contributed by atoms with E-state index in [-0.39, 0.29) is 5.41 Å². The highest BCUT2D eigenvalue weighted by Gasteiger charge is 2.41. The zero-order valence-corrected chi connectivity index (χ0v) is 11.8. The molecule has 1 N–H and O–H groups in total. The molecule has 0 aliphatic heterocycles. The van der Waals surface area contributed by atoms with E-state index in [4.69, 9.17) is 0 Å². The Morgan fingerprint density at radius 2 is 1.47 bits per heavy atom. The lowest BCUT2D eigenvalue weighted by molar-refractivity contribution is -0.165. The summed E-state index contributed by atoms with van der Waals surface area (Å²) in [6, 6.07) is -1.39. The van der Waals surface area contributed by atoms with Gasteiger partial charge in [-0.2, -0.15) is 13.2 Å². The zero-order chi connectivity index (χ0) is 13.9. The molecule has 4 heteroatoms. The van der Waals surface area contributed by atoms with E-state index in [9.17, 15) is 13.2 Å². The van der Waals surface area contributed by atoms with Gasteiger partial charge in [-0.15, -0.1) is 0 Å². The fraction of sp³-hybridized carbons (Fsp3) is 1.00. The fourth-order valence-electron chi connectivity index (χ4n) is 1.62. The molecule has 0 rings (SSSR count). The second-order valence-electron chi connectivity index (χ2n) is 6.27. The summed E-state index contributed by atoms with van der Waals surface area (Å²) in [7, 11) is 0. The standard InChI is InChI=1S/C13H26F3N/c1-9(2)11(13(14,15)16)17-8-7-10(3)12(4,5)6/h9-11,17H,7-8H2,1-6H3/t10-,11+/m1/s1. The van der Waals surface area contributed by atoms with Gasteiger partial charge in [0.05, 0.1) is 0 Å². The summed E-state index contributed by atoms with van der Waals surface area (Å²) in [5.41, 5.74) is 0.146. The van der Waals surface area contributed by atoms with Crippen molar-refractivity contribution in [1.82, 2.24) is 5.32 Å². The zero-order valence-electron chi connectivity index (χ0n) is 11.8. The van der Waals surface area contributed by atoms with Crippen molar-refractivity contribution in [1.29, 1.82) is 0 Å². The van der Waals surface area contributed by atoms with Crippen LogP contribution in [-0.2, 0) is 0 Å². The minimum atomic E-state index is -4.15. The monoisotopic (exact) mass is 253 g/mol. The molecular formula is C13H26F3N. The molecule has 0 saturated heterocycles. The summed E-state index contributed by atoms with van der Waals surface area (Å²) >= 11 is 0. The summed E-state index contributed by atoms with van der Waals surface area (Å²) in [4.78, 5) is 0. The van der Waals surface area contributed by atoms with E-state index in [2.05, 4.69) is 33.0 Å². The van der Waals surface area contributed by atoms with Crippen LogP contribution < -0.4 is 5.32 Å². The third-order valence-corrected chi connectivity index (χ3v) is 3.44. The van der Waals surface area contributed by atoms with Gasteiger partial charge in [-0.3, -0.25) is 0 Å². The average molecular weight is 253 g/mol. The van der Waals surface area contributed by atoms with Crippen LogP contribution >= 0.6 is 0 Å². The highest BCUT2D eigenvalue weighted by molar-refractivity contribution is 4.79. The number of hydrogen-bond acceptors (Lipinski definition) is 1. The molecular weight excluding hydrogens is 227 g/mol. The molecule has 0 unspecified atom stereocenters. The van der Waals surface area contributed by atoms with Gasteiger partial charge in [0.2, 0.25) is 0 Å². The topological polar surface area (TPSA) is 12.0 Å². The molecule has 0 aromatic heterocycles. The van der Waals surface area contributed by atoms with Gasteiger partial charge in [0.15, 0.2) is 0 Å². The van der Waals surface area contributed by atoms with Crippen molar-refractivity contribution >= 4 is 0 Å². The third kappa shape index (κ3) is 6.29. The summed E-state index contributed by atoms with van der Waals surface area (Å²) in [5.74, 6) is -0.0315. The van der Waals surface area contributed by atoms with Crippen LogP contribution in [0, 0.1) is 17.3 Å². The lowest BCUT2D eigenvalue weighted by Crippen LogP contribution is -2.46. The minimum absolute atomic E-state index is 0.146. The highest BCUT2D eigenvalue weighted by atomic mass is 19.4. The van der Waals surface area contributed by atoms with Crippen LogP contribution in [0.25, 0.3) is 0 Å². The number of rotatable bonds is 5. The Morgan fingerprint density at radius 3 is 1.76 bits per heavy atom. The van der Waals surface area contributed by atoms with Gasteiger partial charge in [-0.25, -0.2) is 0 Å². The molecule has 0 radical (unpaired) electrons. The van der Waals surface area contributed by atoms with Gasteiger partial charge in [0.1, 0.15) is 6.04 Å². The van der Waals surface area contributed by atoms with Crippen LogP contribution in [0.2, 0.25) is 0 Å². The minimum Gasteiger partial charge on any atom is -0.306 e. The number of halogens is 3. The summed E-state index contributed by atoms with van der Waals surface area (Å²) in [6.45, 7) is 12.0. The Labute approximate surface area is 103 Å². The average Bonchev–Trinajstić information content (AvgIpc) is 2.07. The molecule has 17 heavy (non-hydrogen) atoms. The lowest BCUT2D eigenvalue weighted by atomic mass is 9.80. The lowest BCUT2D eigenvalue weighted by Gasteiger charge is -2.29. The highest BCUT2D eigenvalue weighted by Crippen LogP contribution is 2.29. The van der Waals surface area contributed by atoms with Crippen molar-refractivity contribution < 1.29 is 13.2 Å². The predicted molar refractivity (Wildman–Crippen MR) is 65.9 cm³/mol. The van der Waals surface area contributed by atoms with Crippen LogP contribution in [0.4, 0.5) is 13.2 Å². The molecule has 0 aromatic rings. The maximum atomic E-state index is 12.7. The van der Waals surface area contributed by atoms with Crippen LogP contribution in [0.5, 0.6) is 0 Å². The van der Waals surface area contributed by atoms with E-state index in [0.29, 0.717) is 12.5 Å². The molecule has 0 amide bonds. The summed E-state index contributed by atoms with van der Waals surface area (Å²) in [5, 5.41) is 2.64. The van der Waals surface area contributed by atoms with Gasteiger partial charge < -0.3 is 5.32 Å². The van der Waals surface area contributed by atoms with E-state index in [1.807, 2.05) is 0 Å². The largest absolute Gasteiger partial charge is 0.404 e. The fourth-order valence-corrected chi connectivity index (χ4v) is 1.62. The Morgan fingerprint density at radius 1 is 1.00 bits per heavy atom. The molecule has 0 aromatic carbocycles. The Kier molecular flexibility index (Phi) is 5.99. The molecule has 0 bridgehead atoms. The molecule has 0 heterocycles.